The van der Waals surface area contributed by atoms with Crippen LogP contribution >= 0.6 is 0 Å². The third kappa shape index (κ3) is 2.77. The first kappa shape index (κ1) is 14.0. The van der Waals surface area contributed by atoms with Gasteiger partial charge in [0.15, 0.2) is 0 Å². The Morgan fingerprint density at radius 3 is 2.50 bits per heavy atom. The van der Waals surface area contributed by atoms with Crippen molar-refractivity contribution >= 4 is 11.6 Å². The van der Waals surface area contributed by atoms with E-state index >= 15 is 0 Å². The lowest BCUT2D eigenvalue weighted by Crippen LogP contribution is -2.14. The molecule has 0 radical (unpaired) electrons. The highest BCUT2D eigenvalue weighted by molar-refractivity contribution is 6.06. The van der Waals surface area contributed by atoms with Crippen LogP contribution in [0.5, 0.6) is 5.75 Å². The predicted octanol–water partition coefficient (Wildman–Crippen LogP) is 3.54. The minimum atomic E-state index is -0.732. The van der Waals surface area contributed by atoms with E-state index in [1.54, 1.807) is 13.0 Å². The molecule has 0 heterocycles. The third-order valence-electron chi connectivity index (χ3n) is 2.89. The Labute approximate surface area is 114 Å². The molecule has 20 heavy (non-hydrogen) atoms. The van der Waals surface area contributed by atoms with E-state index in [0.717, 1.165) is 17.7 Å². The molecule has 0 aliphatic rings. The molecule has 0 saturated carbocycles. The smallest absolute Gasteiger partial charge is 0.259 e. The van der Waals surface area contributed by atoms with Crippen molar-refractivity contribution in [3.05, 3.63) is 58.7 Å². The van der Waals surface area contributed by atoms with Gasteiger partial charge in [-0.2, -0.15) is 0 Å². The minimum absolute atomic E-state index is 0.00498. The van der Waals surface area contributed by atoms with Gasteiger partial charge in [-0.05, 0) is 37.6 Å². The van der Waals surface area contributed by atoms with Gasteiger partial charge in [0.25, 0.3) is 5.91 Å². The summed E-state index contributed by atoms with van der Waals surface area (Å²) in [6.07, 6.45) is 0. The molecule has 0 aliphatic heterocycles. The topological polar surface area (TPSA) is 49.3 Å². The number of rotatable bonds is 2. The number of nitrogens with one attached hydrogen (secondary N) is 1. The summed E-state index contributed by atoms with van der Waals surface area (Å²) in [4.78, 5) is 12.0. The van der Waals surface area contributed by atoms with Crippen molar-refractivity contribution in [2.75, 3.05) is 5.32 Å². The van der Waals surface area contributed by atoms with E-state index in [9.17, 15) is 18.7 Å². The number of hydrogen-bond donors (Lipinski definition) is 2. The highest BCUT2D eigenvalue weighted by Gasteiger charge is 2.15. The maximum atomic E-state index is 13.6. The molecule has 1 amide bonds. The fourth-order valence-corrected chi connectivity index (χ4v) is 1.76. The lowest BCUT2D eigenvalue weighted by atomic mass is 10.1. The van der Waals surface area contributed by atoms with E-state index in [1.807, 2.05) is 0 Å². The molecule has 0 saturated heterocycles. The number of aromatic hydroxyl groups is 1. The summed E-state index contributed by atoms with van der Waals surface area (Å²) in [5, 5.41) is 11.9. The first-order valence-corrected chi connectivity index (χ1v) is 5.95. The average Bonchev–Trinajstić information content (AvgIpc) is 2.38. The van der Waals surface area contributed by atoms with Crippen molar-refractivity contribution in [2.24, 2.45) is 0 Å². The summed E-state index contributed by atoms with van der Waals surface area (Å²) < 4.78 is 27.0. The lowest BCUT2D eigenvalue weighted by molar-refractivity contribution is 0.102. The summed E-state index contributed by atoms with van der Waals surface area (Å²) in [5.41, 5.74) is 0.659. The number of carbonyl (C=O) groups is 1. The van der Waals surface area contributed by atoms with E-state index in [2.05, 4.69) is 5.32 Å². The van der Waals surface area contributed by atoms with Gasteiger partial charge in [0.1, 0.15) is 17.4 Å². The van der Waals surface area contributed by atoms with E-state index in [-0.39, 0.29) is 22.6 Å². The largest absolute Gasteiger partial charge is 0.507 e. The van der Waals surface area contributed by atoms with Crippen LogP contribution in [-0.2, 0) is 0 Å². The first-order valence-electron chi connectivity index (χ1n) is 5.95. The zero-order valence-corrected chi connectivity index (χ0v) is 11.0. The van der Waals surface area contributed by atoms with Crippen LogP contribution in [0.15, 0.2) is 30.3 Å². The van der Waals surface area contributed by atoms with Gasteiger partial charge in [-0.25, -0.2) is 8.78 Å². The second-order valence-corrected chi connectivity index (χ2v) is 4.56. The third-order valence-corrected chi connectivity index (χ3v) is 2.89. The van der Waals surface area contributed by atoms with Crippen molar-refractivity contribution in [1.29, 1.82) is 0 Å². The van der Waals surface area contributed by atoms with Crippen LogP contribution in [0.1, 0.15) is 21.5 Å². The van der Waals surface area contributed by atoms with Crippen molar-refractivity contribution in [1.82, 2.24) is 0 Å². The Balaban J connectivity index is 2.32. The van der Waals surface area contributed by atoms with Crippen LogP contribution in [0.3, 0.4) is 0 Å². The number of amides is 1. The maximum Gasteiger partial charge on any atom is 0.259 e. The number of halogens is 2. The van der Waals surface area contributed by atoms with Gasteiger partial charge >= 0.3 is 0 Å². The molecule has 0 fully saturated rings. The molecule has 0 aliphatic carbocycles. The van der Waals surface area contributed by atoms with Crippen LogP contribution in [0.25, 0.3) is 0 Å². The summed E-state index contributed by atoms with van der Waals surface area (Å²) in [6, 6.07) is 6.39. The summed E-state index contributed by atoms with van der Waals surface area (Å²) in [5.74, 6) is -2.27. The molecule has 2 N–H and O–H groups in total. The zero-order valence-electron chi connectivity index (χ0n) is 11.0. The molecule has 3 nitrogen and oxygen atoms in total. The number of benzene rings is 2. The SMILES string of the molecule is Cc1ccc(O)c(C(=O)Nc2cc(F)c(C)cc2F)c1. The van der Waals surface area contributed by atoms with Gasteiger partial charge < -0.3 is 10.4 Å². The number of hydrogen-bond acceptors (Lipinski definition) is 2. The van der Waals surface area contributed by atoms with Crippen LogP contribution in [0, 0.1) is 25.5 Å². The van der Waals surface area contributed by atoms with Gasteiger partial charge in [0.2, 0.25) is 0 Å². The van der Waals surface area contributed by atoms with Crippen molar-refractivity contribution < 1.29 is 18.7 Å². The fraction of sp³-hybridized carbons (Fsp3) is 0.133. The van der Waals surface area contributed by atoms with Crippen LogP contribution in [0.4, 0.5) is 14.5 Å². The van der Waals surface area contributed by atoms with Gasteiger partial charge in [-0.3, -0.25) is 4.79 Å². The first-order chi connectivity index (χ1) is 9.38. The number of anilines is 1. The molecule has 0 atom stereocenters. The Kier molecular flexibility index (Phi) is 3.70. The van der Waals surface area contributed by atoms with Gasteiger partial charge in [-0.1, -0.05) is 11.6 Å². The van der Waals surface area contributed by atoms with Gasteiger partial charge in [0, 0.05) is 6.07 Å². The predicted molar refractivity (Wildman–Crippen MR) is 71.9 cm³/mol. The second-order valence-electron chi connectivity index (χ2n) is 4.56. The van der Waals surface area contributed by atoms with Gasteiger partial charge in [0.05, 0.1) is 11.3 Å². The standard InChI is InChI=1S/C15H13F2NO2/c1-8-3-4-14(19)10(5-8)15(20)18-13-7-11(16)9(2)6-12(13)17/h3-7,19H,1-2H3,(H,18,20). The van der Waals surface area contributed by atoms with E-state index in [0.29, 0.717) is 0 Å². The highest BCUT2D eigenvalue weighted by Crippen LogP contribution is 2.23. The summed E-state index contributed by atoms with van der Waals surface area (Å²) in [6.45, 7) is 3.18. The summed E-state index contributed by atoms with van der Waals surface area (Å²) >= 11 is 0. The van der Waals surface area contributed by atoms with E-state index in [4.69, 9.17) is 0 Å². The van der Waals surface area contributed by atoms with Gasteiger partial charge in [-0.15, -0.1) is 0 Å². The Morgan fingerprint density at radius 1 is 1.10 bits per heavy atom. The van der Waals surface area contributed by atoms with Crippen molar-refractivity contribution in [2.45, 2.75) is 13.8 Å². The minimum Gasteiger partial charge on any atom is -0.507 e. The molecule has 0 spiro atoms. The fourth-order valence-electron chi connectivity index (χ4n) is 1.76. The molecule has 0 bridgehead atoms. The van der Waals surface area contributed by atoms with Crippen molar-refractivity contribution in [3.8, 4) is 5.75 Å². The highest BCUT2D eigenvalue weighted by atomic mass is 19.1. The molecular formula is C15H13F2NO2. The van der Waals surface area contributed by atoms with Crippen LogP contribution in [-0.4, -0.2) is 11.0 Å². The normalized spacial score (nSPS) is 10.4. The quantitative estimate of drug-likeness (QED) is 0.882. The molecular weight excluding hydrogens is 264 g/mol. The van der Waals surface area contributed by atoms with E-state index in [1.165, 1.54) is 19.1 Å². The second kappa shape index (κ2) is 5.28. The molecule has 2 rings (SSSR count). The molecule has 5 heteroatoms. The lowest BCUT2D eigenvalue weighted by Gasteiger charge is -2.09. The molecule has 2 aromatic rings. The Hall–Kier alpha value is -2.43. The summed E-state index contributed by atoms with van der Waals surface area (Å²) in [7, 11) is 0. The molecule has 104 valence electrons. The number of phenols is 1. The van der Waals surface area contributed by atoms with Crippen molar-refractivity contribution in [3.63, 3.8) is 0 Å². The number of phenolic OH excluding ortho intramolecular Hbond substituents is 1. The van der Waals surface area contributed by atoms with Crippen LogP contribution in [0.2, 0.25) is 0 Å². The number of aryl methyl sites for hydroxylation is 2. The van der Waals surface area contributed by atoms with Crippen LogP contribution < -0.4 is 5.32 Å². The average molecular weight is 277 g/mol. The molecule has 2 aromatic carbocycles. The molecule has 0 unspecified atom stereocenters. The Morgan fingerprint density at radius 2 is 1.80 bits per heavy atom. The molecule has 0 aromatic heterocycles. The maximum absolute atomic E-state index is 13.6. The Bertz CT molecular complexity index is 684. The monoisotopic (exact) mass is 277 g/mol. The number of carbonyl (C=O) groups excluding carboxylic acids is 1. The zero-order chi connectivity index (χ0) is 14.9. The van der Waals surface area contributed by atoms with E-state index < -0.39 is 17.5 Å².